The van der Waals surface area contributed by atoms with Crippen molar-refractivity contribution in [3.63, 3.8) is 0 Å². The van der Waals surface area contributed by atoms with Gasteiger partial charge in [-0.25, -0.2) is 0 Å². The molecule has 1 fully saturated rings. The van der Waals surface area contributed by atoms with Crippen molar-refractivity contribution in [1.82, 2.24) is 19.7 Å². The van der Waals surface area contributed by atoms with E-state index >= 15 is 0 Å². The molecule has 0 bridgehead atoms. The fourth-order valence-electron chi connectivity index (χ4n) is 2.77. The smallest absolute Gasteiger partial charge is 0.233 e. The van der Waals surface area contributed by atoms with E-state index < -0.39 is 0 Å². The van der Waals surface area contributed by atoms with Gasteiger partial charge in [-0.2, -0.15) is 0 Å². The maximum atomic E-state index is 12.6. The molecule has 1 aliphatic heterocycles. The molecule has 1 aromatic heterocycles. The van der Waals surface area contributed by atoms with Crippen LogP contribution in [0.4, 0.5) is 0 Å². The Balaban J connectivity index is 1.68. The van der Waals surface area contributed by atoms with Gasteiger partial charge in [0, 0.05) is 12.2 Å². The first-order valence-electron chi connectivity index (χ1n) is 8.07. The zero-order valence-electron chi connectivity index (χ0n) is 14.6. The second-order valence-corrected chi connectivity index (χ2v) is 7.32. The van der Waals surface area contributed by atoms with Crippen LogP contribution in [0.3, 0.4) is 0 Å². The molecular weight excluding hydrogens is 340 g/mol. The van der Waals surface area contributed by atoms with Gasteiger partial charge in [0.15, 0.2) is 5.16 Å². The first kappa shape index (κ1) is 17.8. The molecule has 0 radical (unpaired) electrons. The summed E-state index contributed by atoms with van der Waals surface area (Å²) < 4.78 is 12.5. The molecule has 8 heteroatoms. The lowest BCUT2D eigenvalue weighted by Crippen LogP contribution is -2.56. The number of carbonyl (C=O) groups excluding carboxylic acids is 1. The number of rotatable bonds is 5. The molecular formula is C17H22N4O3S. The van der Waals surface area contributed by atoms with Crippen LogP contribution in [0.5, 0.6) is 5.75 Å². The number of ether oxygens (including phenoxy) is 2. The first-order valence-corrected chi connectivity index (χ1v) is 9.05. The van der Waals surface area contributed by atoms with E-state index in [1.54, 1.807) is 13.4 Å². The van der Waals surface area contributed by atoms with Gasteiger partial charge in [-0.3, -0.25) is 9.36 Å². The average Bonchev–Trinajstić information content (AvgIpc) is 3.08. The van der Waals surface area contributed by atoms with E-state index in [0.29, 0.717) is 30.7 Å². The van der Waals surface area contributed by atoms with E-state index in [1.165, 1.54) is 11.8 Å². The number of hydrogen-bond acceptors (Lipinski definition) is 6. The molecule has 0 atom stereocenters. The summed E-state index contributed by atoms with van der Waals surface area (Å²) in [6.45, 7) is 5.81. The van der Waals surface area contributed by atoms with Crippen LogP contribution >= 0.6 is 11.8 Å². The van der Waals surface area contributed by atoms with Gasteiger partial charge in [0.1, 0.15) is 12.1 Å². The van der Waals surface area contributed by atoms with Crippen LogP contribution in [0.1, 0.15) is 13.8 Å². The SMILES string of the molecule is COc1ccc(-n2cnnc2SCC(=O)N2CCOCC2(C)C)cc1. The highest BCUT2D eigenvalue weighted by Gasteiger charge is 2.34. The highest BCUT2D eigenvalue weighted by atomic mass is 32.2. The van der Waals surface area contributed by atoms with E-state index in [-0.39, 0.29) is 11.4 Å². The summed E-state index contributed by atoms with van der Waals surface area (Å²) in [6, 6.07) is 7.62. The maximum Gasteiger partial charge on any atom is 0.233 e. The first-order chi connectivity index (χ1) is 12.0. The Morgan fingerprint density at radius 1 is 1.36 bits per heavy atom. The third kappa shape index (κ3) is 3.96. The number of thioether (sulfide) groups is 1. The highest BCUT2D eigenvalue weighted by molar-refractivity contribution is 7.99. The summed E-state index contributed by atoms with van der Waals surface area (Å²) in [6.07, 6.45) is 1.65. The van der Waals surface area contributed by atoms with Gasteiger partial charge in [0.05, 0.1) is 31.6 Å². The number of benzene rings is 1. The van der Waals surface area contributed by atoms with Gasteiger partial charge in [0.25, 0.3) is 0 Å². The topological polar surface area (TPSA) is 69.5 Å². The van der Waals surface area contributed by atoms with Gasteiger partial charge in [-0.1, -0.05) is 11.8 Å². The molecule has 134 valence electrons. The van der Waals surface area contributed by atoms with Crippen LogP contribution < -0.4 is 4.74 Å². The van der Waals surface area contributed by atoms with Crippen LogP contribution in [0, 0.1) is 0 Å². The van der Waals surface area contributed by atoms with Crippen LogP contribution in [0.2, 0.25) is 0 Å². The van der Waals surface area contributed by atoms with E-state index in [2.05, 4.69) is 10.2 Å². The van der Waals surface area contributed by atoms with Gasteiger partial charge in [-0.05, 0) is 38.1 Å². The zero-order valence-corrected chi connectivity index (χ0v) is 15.5. The summed E-state index contributed by atoms with van der Waals surface area (Å²) in [4.78, 5) is 14.5. The number of carbonyl (C=O) groups is 1. The predicted molar refractivity (Wildman–Crippen MR) is 95.2 cm³/mol. The zero-order chi connectivity index (χ0) is 17.9. The lowest BCUT2D eigenvalue weighted by atomic mass is 10.0. The highest BCUT2D eigenvalue weighted by Crippen LogP contribution is 2.24. The molecule has 1 amide bonds. The van der Waals surface area contributed by atoms with Crippen LogP contribution in [0.15, 0.2) is 35.7 Å². The van der Waals surface area contributed by atoms with Gasteiger partial charge in [-0.15, -0.1) is 10.2 Å². The van der Waals surface area contributed by atoms with Crippen molar-refractivity contribution in [3.8, 4) is 11.4 Å². The van der Waals surface area contributed by atoms with E-state index in [0.717, 1.165) is 11.4 Å². The predicted octanol–water partition coefficient (Wildman–Crippen LogP) is 2.01. The van der Waals surface area contributed by atoms with Crippen LogP contribution in [-0.4, -0.2) is 63.7 Å². The number of hydrogen-bond donors (Lipinski definition) is 0. The summed E-state index contributed by atoms with van der Waals surface area (Å²) in [5, 5.41) is 8.80. The number of nitrogens with zero attached hydrogens (tertiary/aromatic N) is 4. The molecule has 0 unspecified atom stereocenters. The third-order valence-corrected chi connectivity index (χ3v) is 5.07. The van der Waals surface area contributed by atoms with Crippen LogP contribution in [-0.2, 0) is 9.53 Å². The summed E-state index contributed by atoms with van der Waals surface area (Å²) in [5.41, 5.74) is 0.645. The lowest BCUT2D eigenvalue weighted by Gasteiger charge is -2.42. The van der Waals surface area contributed by atoms with Crippen LogP contribution in [0.25, 0.3) is 5.69 Å². The van der Waals surface area contributed by atoms with Crippen molar-refractivity contribution >= 4 is 17.7 Å². The quantitative estimate of drug-likeness (QED) is 0.758. The van der Waals surface area contributed by atoms with E-state index in [9.17, 15) is 4.79 Å². The summed E-state index contributed by atoms with van der Waals surface area (Å²) in [7, 11) is 1.63. The minimum absolute atomic E-state index is 0.0857. The fraction of sp³-hybridized carbons (Fsp3) is 0.471. The number of methoxy groups -OCH3 is 1. The second kappa shape index (κ2) is 7.45. The Hall–Kier alpha value is -2.06. The van der Waals surface area contributed by atoms with Crippen molar-refractivity contribution in [1.29, 1.82) is 0 Å². The number of morpholine rings is 1. The normalized spacial score (nSPS) is 16.7. The average molecular weight is 362 g/mol. The Morgan fingerprint density at radius 3 is 2.80 bits per heavy atom. The molecule has 0 N–H and O–H groups in total. The molecule has 0 saturated carbocycles. The van der Waals surface area contributed by atoms with Crippen molar-refractivity contribution in [2.24, 2.45) is 0 Å². The summed E-state index contributed by atoms with van der Waals surface area (Å²) >= 11 is 1.39. The number of amides is 1. The fourth-order valence-corrected chi connectivity index (χ4v) is 3.57. The Kier molecular flexibility index (Phi) is 5.29. The lowest BCUT2D eigenvalue weighted by molar-refractivity contribution is -0.143. The molecule has 2 heterocycles. The van der Waals surface area contributed by atoms with Gasteiger partial charge < -0.3 is 14.4 Å². The van der Waals surface area contributed by atoms with Crippen molar-refractivity contribution in [2.75, 3.05) is 32.6 Å². The maximum absolute atomic E-state index is 12.6. The van der Waals surface area contributed by atoms with E-state index in [1.807, 2.05) is 47.6 Å². The minimum Gasteiger partial charge on any atom is -0.497 e. The van der Waals surface area contributed by atoms with Gasteiger partial charge in [0.2, 0.25) is 5.91 Å². The standard InChI is InChI=1S/C17H22N4O3S/c1-17(2)11-24-9-8-21(17)15(22)10-25-16-19-18-12-20(16)13-4-6-14(23-3)7-5-13/h4-7,12H,8-11H2,1-3H3. The molecule has 7 nitrogen and oxygen atoms in total. The molecule has 1 saturated heterocycles. The second-order valence-electron chi connectivity index (χ2n) is 6.38. The third-order valence-electron chi connectivity index (χ3n) is 4.14. The molecule has 0 spiro atoms. The van der Waals surface area contributed by atoms with Crippen molar-refractivity contribution in [2.45, 2.75) is 24.5 Å². The van der Waals surface area contributed by atoms with E-state index in [4.69, 9.17) is 9.47 Å². The molecule has 3 rings (SSSR count). The monoisotopic (exact) mass is 362 g/mol. The molecule has 1 aromatic carbocycles. The minimum atomic E-state index is -0.278. The Morgan fingerprint density at radius 2 is 2.12 bits per heavy atom. The Bertz CT molecular complexity index is 730. The van der Waals surface area contributed by atoms with Gasteiger partial charge >= 0.3 is 0 Å². The molecule has 2 aromatic rings. The molecule has 25 heavy (non-hydrogen) atoms. The summed E-state index contributed by atoms with van der Waals surface area (Å²) in [5.74, 6) is 1.19. The largest absolute Gasteiger partial charge is 0.497 e. The molecule has 1 aliphatic rings. The Labute approximate surface area is 151 Å². The van der Waals surface area contributed by atoms with Crippen molar-refractivity contribution in [3.05, 3.63) is 30.6 Å². The molecule has 0 aliphatic carbocycles. The van der Waals surface area contributed by atoms with Crippen molar-refractivity contribution < 1.29 is 14.3 Å². The number of aromatic nitrogens is 3.